The van der Waals surface area contributed by atoms with E-state index >= 15 is 0 Å². The van der Waals surface area contributed by atoms with Crippen LogP contribution in [0, 0.1) is 11.3 Å². The Hall–Kier alpha value is -1.67. The highest BCUT2D eigenvalue weighted by Gasteiger charge is 2.39. The fourth-order valence-electron chi connectivity index (χ4n) is 4.67. The molecule has 2 saturated heterocycles. The number of likely N-dealkylation sites (N-methyl/N-ethyl adjacent to an activating group) is 2. The van der Waals surface area contributed by atoms with E-state index in [1.54, 1.807) is 0 Å². The largest absolute Gasteiger partial charge is 0.471 e. The summed E-state index contributed by atoms with van der Waals surface area (Å²) in [6, 6.07) is -0.493. The van der Waals surface area contributed by atoms with Gasteiger partial charge in [0, 0.05) is 19.6 Å². The number of amides is 2. The number of likely N-dealkylation sites (tertiary alicyclic amines) is 2. The Morgan fingerprint density at radius 3 is 2.12 bits per heavy atom. The van der Waals surface area contributed by atoms with Crippen molar-refractivity contribution in [1.82, 2.24) is 20.0 Å². The van der Waals surface area contributed by atoms with Crippen LogP contribution in [-0.2, 0) is 19.1 Å². The first-order valence-corrected chi connectivity index (χ1v) is 12.4. The van der Waals surface area contributed by atoms with Gasteiger partial charge in [-0.05, 0) is 63.7 Å². The van der Waals surface area contributed by atoms with Crippen LogP contribution in [-0.4, -0.2) is 98.5 Å². The van der Waals surface area contributed by atoms with Crippen LogP contribution in [0.5, 0.6) is 0 Å². The fourth-order valence-corrected chi connectivity index (χ4v) is 4.67. The molecule has 8 nitrogen and oxygen atoms in total. The first-order chi connectivity index (χ1) is 15.4. The average molecular weight is 469 g/mol. The Morgan fingerprint density at radius 2 is 1.67 bits per heavy atom. The highest BCUT2D eigenvalue weighted by molar-refractivity contribution is 5.90. The Balaban J connectivity index is 0.00000125. The smallest absolute Gasteiger partial charge is 0.292 e. The van der Waals surface area contributed by atoms with E-state index in [1.807, 2.05) is 39.8 Å². The van der Waals surface area contributed by atoms with Crippen molar-refractivity contribution in [2.24, 2.45) is 11.3 Å². The van der Waals surface area contributed by atoms with E-state index < -0.39 is 6.04 Å². The minimum atomic E-state index is -0.518. The van der Waals surface area contributed by atoms with Gasteiger partial charge < -0.3 is 19.9 Å². The molecular formula is C25H48N4O4. The molecule has 8 heteroatoms. The lowest BCUT2D eigenvalue weighted by molar-refractivity contribution is -0.142. The highest BCUT2D eigenvalue weighted by Crippen LogP contribution is 2.25. The average Bonchev–Trinajstić information content (AvgIpc) is 3.27. The summed E-state index contributed by atoms with van der Waals surface area (Å²) in [6.07, 6.45) is 5.57. The van der Waals surface area contributed by atoms with Crippen LogP contribution in [0.1, 0.15) is 66.7 Å². The van der Waals surface area contributed by atoms with Crippen LogP contribution in [0.3, 0.4) is 0 Å². The van der Waals surface area contributed by atoms with E-state index in [0.717, 1.165) is 45.4 Å². The Labute approximate surface area is 201 Å². The van der Waals surface area contributed by atoms with E-state index in [1.165, 1.54) is 20.0 Å². The SMILES string of the molecule is CC(C)[C@@H](CN1CCCC1)N(C)C(=O)[C@@H](NC(=O)[C@H]1CCCCN1C)C(C)(C)C.COC=O. The number of piperidine rings is 1. The summed E-state index contributed by atoms with van der Waals surface area (Å²) >= 11 is 0. The van der Waals surface area contributed by atoms with Gasteiger partial charge in [-0.15, -0.1) is 0 Å². The number of nitrogens with zero attached hydrogens (tertiary/aromatic N) is 3. The second kappa shape index (κ2) is 13.9. The van der Waals surface area contributed by atoms with Crippen LogP contribution in [0.2, 0.25) is 0 Å². The first kappa shape index (κ1) is 29.4. The number of carbonyl (C=O) groups excluding carboxylic acids is 3. The molecule has 0 aromatic carbocycles. The standard InChI is InChI=1S/C23H44N4O2.C2H4O2/c1-17(2)19(16-27-14-10-11-15-27)26(7)22(29)20(23(3,4)5)24-21(28)18-12-8-9-13-25(18)6;1-4-2-3/h17-20H,8-16H2,1-7H3,(H,24,28);2H,1H3/t18-,19-,20-;/m1./s1. The first-order valence-electron chi connectivity index (χ1n) is 12.4. The van der Waals surface area contributed by atoms with Crippen LogP contribution in [0.25, 0.3) is 0 Å². The number of nitrogens with one attached hydrogen (secondary N) is 1. The van der Waals surface area contributed by atoms with E-state index in [2.05, 4.69) is 33.7 Å². The second-order valence-corrected chi connectivity index (χ2v) is 10.9. The van der Waals surface area contributed by atoms with Crippen molar-refractivity contribution in [2.45, 2.75) is 84.8 Å². The molecule has 0 saturated carbocycles. The molecule has 1 N–H and O–H groups in total. The maximum absolute atomic E-state index is 13.6. The van der Waals surface area contributed by atoms with Gasteiger partial charge in [-0.3, -0.25) is 19.3 Å². The predicted octanol–water partition coefficient (Wildman–Crippen LogP) is 2.37. The van der Waals surface area contributed by atoms with Gasteiger partial charge in [0.2, 0.25) is 11.8 Å². The van der Waals surface area contributed by atoms with Gasteiger partial charge in [0.1, 0.15) is 6.04 Å². The summed E-state index contributed by atoms with van der Waals surface area (Å²) < 4.78 is 3.86. The zero-order valence-corrected chi connectivity index (χ0v) is 22.2. The molecule has 2 aliphatic heterocycles. The third-order valence-corrected chi connectivity index (χ3v) is 6.83. The molecule has 192 valence electrons. The lowest BCUT2D eigenvalue weighted by atomic mass is 9.84. The normalized spacial score (nSPS) is 21.5. The quantitative estimate of drug-likeness (QED) is 0.551. The summed E-state index contributed by atoms with van der Waals surface area (Å²) in [5, 5.41) is 3.14. The van der Waals surface area contributed by atoms with Crippen LogP contribution in [0.4, 0.5) is 0 Å². The van der Waals surface area contributed by atoms with Crippen molar-refractivity contribution in [2.75, 3.05) is 47.4 Å². The zero-order valence-electron chi connectivity index (χ0n) is 22.2. The van der Waals surface area contributed by atoms with Gasteiger partial charge in [-0.25, -0.2) is 0 Å². The highest BCUT2D eigenvalue weighted by atomic mass is 16.5. The third-order valence-electron chi connectivity index (χ3n) is 6.83. The lowest BCUT2D eigenvalue weighted by Gasteiger charge is -2.40. The molecule has 2 aliphatic rings. The van der Waals surface area contributed by atoms with Crippen molar-refractivity contribution in [3.63, 3.8) is 0 Å². The van der Waals surface area contributed by atoms with E-state index in [-0.39, 0.29) is 29.3 Å². The van der Waals surface area contributed by atoms with E-state index in [0.29, 0.717) is 12.4 Å². The Bertz CT molecular complexity index is 614. The minimum absolute atomic E-state index is 0.00508. The van der Waals surface area contributed by atoms with Crippen molar-refractivity contribution >= 4 is 18.3 Å². The third kappa shape index (κ3) is 9.24. The number of carbonyl (C=O) groups is 3. The molecule has 2 rings (SSSR count). The number of methoxy groups -OCH3 is 1. The topological polar surface area (TPSA) is 82.2 Å². The summed E-state index contributed by atoms with van der Waals surface area (Å²) in [7, 11) is 5.24. The zero-order chi connectivity index (χ0) is 25.2. The van der Waals surface area contributed by atoms with Gasteiger partial charge in [0.15, 0.2) is 0 Å². The molecule has 0 radical (unpaired) electrons. The molecule has 0 bridgehead atoms. The molecule has 0 aromatic rings. The van der Waals surface area contributed by atoms with Gasteiger partial charge >= 0.3 is 0 Å². The van der Waals surface area contributed by atoms with Crippen molar-refractivity contribution in [1.29, 1.82) is 0 Å². The molecule has 0 aliphatic carbocycles. The van der Waals surface area contributed by atoms with Gasteiger partial charge in [-0.2, -0.15) is 0 Å². The van der Waals surface area contributed by atoms with Crippen molar-refractivity contribution in [3.8, 4) is 0 Å². The lowest BCUT2D eigenvalue weighted by Crippen LogP contribution is -2.60. The molecule has 2 amide bonds. The van der Waals surface area contributed by atoms with Crippen molar-refractivity contribution in [3.05, 3.63) is 0 Å². The van der Waals surface area contributed by atoms with Crippen LogP contribution < -0.4 is 5.32 Å². The summed E-state index contributed by atoms with van der Waals surface area (Å²) in [5.74, 6) is 0.391. The molecular weight excluding hydrogens is 420 g/mol. The Kier molecular flexibility index (Phi) is 12.4. The van der Waals surface area contributed by atoms with Gasteiger partial charge in [-0.1, -0.05) is 41.0 Å². The Morgan fingerprint density at radius 1 is 1.12 bits per heavy atom. The predicted molar refractivity (Wildman–Crippen MR) is 132 cm³/mol. The summed E-state index contributed by atoms with van der Waals surface area (Å²) in [6.45, 7) is 15.0. The van der Waals surface area contributed by atoms with Gasteiger partial charge in [0.05, 0.1) is 13.2 Å². The maximum Gasteiger partial charge on any atom is 0.292 e. The van der Waals surface area contributed by atoms with Crippen molar-refractivity contribution < 1.29 is 19.1 Å². The molecule has 33 heavy (non-hydrogen) atoms. The number of ether oxygens (including phenoxy) is 1. The van der Waals surface area contributed by atoms with E-state index in [9.17, 15) is 9.59 Å². The molecule has 3 atom stereocenters. The molecule has 2 heterocycles. The second-order valence-electron chi connectivity index (χ2n) is 10.9. The van der Waals surface area contributed by atoms with Crippen LogP contribution >= 0.6 is 0 Å². The fraction of sp³-hybridized carbons (Fsp3) is 0.880. The monoisotopic (exact) mass is 468 g/mol. The van der Waals surface area contributed by atoms with Crippen LogP contribution in [0.15, 0.2) is 0 Å². The molecule has 0 aromatic heterocycles. The maximum atomic E-state index is 13.6. The van der Waals surface area contributed by atoms with Gasteiger partial charge in [0.25, 0.3) is 6.47 Å². The number of rotatable bonds is 8. The number of hydrogen-bond donors (Lipinski definition) is 1. The molecule has 2 fully saturated rings. The molecule has 0 spiro atoms. The minimum Gasteiger partial charge on any atom is -0.471 e. The number of hydrogen-bond acceptors (Lipinski definition) is 6. The molecule has 0 unspecified atom stereocenters. The summed E-state index contributed by atoms with van der Waals surface area (Å²) in [5.41, 5.74) is -0.344. The summed E-state index contributed by atoms with van der Waals surface area (Å²) in [4.78, 5) is 42.1. The van der Waals surface area contributed by atoms with E-state index in [4.69, 9.17) is 4.79 Å².